The van der Waals surface area contributed by atoms with Crippen LogP contribution in [0.2, 0.25) is 0 Å². The molecule has 0 spiro atoms. The summed E-state index contributed by atoms with van der Waals surface area (Å²) in [5, 5.41) is 0.964. The Morgan fingerprint density at radius 1 is 1.57 bits per heavy atom. The molecule has 0 radical (unpaired) electrons. The Labute approximate surface area is 132 Å². The highest BCUT2D eigenvalue weighted by molar-refractivity contribution is 8.00. The average Bonchev–Trinajstić information content (AvgIpc) is 2.92. The predicted molar refractivity (Wildman–Crippen MR) is 87.2 cm³/mol. The van der Waals surface area contributed by atoms with Crippen LogP contribution in [0, 0.1) is 11.8 Å². The number of nitrogens with zero attached hydrogens (tertiary/aromatic N) is 1. The molecular formula is C13H16N2O3S3. The largest absolute Gasteiger partial charge is 0.320 e. The molecular weight excluding hydrogens is 328 g/mol. The quantitative estimate of drug-likeness (QED) is 0.796. The highest BCUT2D eigenvalue weighted by atomic mass is 32.2. The van der Waals surface area contributed by atoms with Crippen molar-refractivity contribution in [3.05, 3.63) is 21.9 Å². The Kier molecular flexibility index (Phi) is 5.32. The number of carbonyl (C=O) groups is 1. The Hall–Kier alpha value is -1.01. The zero-order valence-corrected chi connectivity index (χ0v) is 14.0. The molecule has 0 aliphatic carbocycles. The molecule has 2 rings (SSSR count). The van der Waals surface area contributed by atoms with Gasteiger partial charge in [-0.05, 0) is 6.07 Å². The third-order valence-corrected chi connectivity index (χ3v) is 6.49. The number of thiophene rings is 1. The van der Waals surface area contributed by atoms with E-state index in [0.717, 1.165) is 10.6 Å². The number of hydrogen-bond donors (Lipinski definition) is 1. The predicted octanol–water partition coefficient (Wildman–Crippen LogP) is 0.618. The van der Waals surface area contributed by atoms with Crippen LogP contribution >= 0.6 is 23.1 Å². The first-order valence-electron chi connectivity index (χ1n) is 6.28. The van der Waals surface area contributed by atoms with Crippen LogP contribution in [0.4, 0.5) is 0 Å². The van der Waals surface area contributed by atoms with Crippen molar-refractivity contribution in [1.29, 1.82) is 0 Å². The Bertz CT molecular complexity index is 685. The van der Waals surface area contributed by atoms with Gasteiger partial charge in [-0.1, -0.05) is 11.8 Å². The molecule has 1 aliphatic rings. The lowest BCUT2D eigenvalue weighted by atomic mass is 10.2. The van der Waals surface area contributed by atoms with Gasteiger partial charge >= 0.3 is 0 Å². The number of nitrogens with two attached hydrogens (primary N) is 1. The van der Waals surface area contributed by atoms with Gasteiger partial charge in [-0.25, -0.2) is 8.42 Å². The van der Waals surface area contributed by atoms with E-state index in [1.165, 1.54) is 22.5 Å². The maximum atomic E-state index is 12.5. The van der Waals surface area contributed by atoms with Crippen LogP contribution in [0.5, 0.6) is 0 Å². The summed E-state index contributed by atoms with van der Waals surface area (Å²) in [6.07, 6.45) is 1.18. The molecule has 1 aromatic rings. The maximum absolute atomic E-state index is 12.5. The molecule has 0 aromatic carbocycles. The first-order chi connectivity index (χ1) is 9.93. The summed E-state index contributed by atoms with van der Waals surface area (Å²) in [7, 11) is -3.29. The van der Waals surface area contributed by atoms with Gasteiger partial charge in [0.05, 0.1) is 17.0 Å². The third kappa shape index (κ3) is 4.01. The molecule has 1 unspecified atom stereocenters. The van der Waals surface area contributed by atoms with Gasteiger partial charge in [0.25, 0.3) is 5.91 Å². The molecule has 0 bridgehead atoms. The molecule has 2 N–H and O–H groups in total. The van der Waals surface area contributed by atoms with E-state index < -0.39 is 15.2 Å². The molecule has 1 saturated heterocycles. The van der Waals surface area contributed by atoms with Gasteiger partial charge in [-0.15, -0.1) is 11.3 Å². The lowest BCUT2D eigenvalue weighted by molar-refractivity contribution is 0.0750. The number of hydrogen-bond acceptors (Lipinski definition) is 6. The summed E-state index contributed by atoms with van der Waals surface area (Å²) in [4.78, 5) is 14.7. The second-order valence-electron chi connectivity index (χ2n) is 4.56. The van der Waals surface area contributed by atoms with Gasteiger partial charge in [-0.3, -0.25) is 4.79 Å². The molecule has 8 heteroatoms. The highest BCUT2D eigenvalue weighted by Gasteiger charge is 2.34. The Balaban J connectivity index is 2.23. The van der Waals surface area contributed by atoms with Crippen molar-refractivity contribution < 1.29 is 13.2 Å². The van der Waals surface area contributed by atoms with Gasteiger partial charge < -0.3 is 10.6 Å². The second-order valence-corrected chi connectivity index (χ2v) is 8.83. The summed E-state index contributed by atoms with van der Waals surface area (Å²) < 4.78 is 23.7. The monoisotopic (exact) mass is 344 g/mol. The molecule has 1 amide bonds. The van der Waals surface area contributed by atoms with E-state index in [1.807, 2.05) is 0 Å². The van der Waals surface area contributed by atoms with Crippen molar-refractivity contribution in [2.24, 2.45) is 5.73 Å². The standard InChI is InChI=1S/C13H16N2O3S3/c1-21(17,18)12-9-19-6-5-15(12)13(16)10-7-11(20-8-10)3-2-4-14/h7-8,12H,4-6,9,14H2,1H3. The van der Waals surface area contributed by atoms with E-state index in [4.69, 9.17) is 5.73 Å². The zero-order chi connectivity index (χ0) is 15.5. The molecule has 114 valence electrons. The maximum Gasteiger partial charge on any atom is 0.255 e. The molecule has 5 nitrogen and oxygen atoms in total. The summed E-state index contributed by atoms with van der Waals surface area (Å²) in [5.74, 6) is 6.54. The lowest BCUT2D eigenvalue weighted by Crippen LogP contribution is -2.49. The van der Waals surface area contributed by atoms with Gasteiger partial charge in [0.2, 0.25) is 0 Å². The topological polar surface area (TPSA) is 80.5 Å². The molecule has 1 aromatic heterocycles. The third-order valence-electron chi connectivity index (χ3n) is 3.00. The molecule has 1 atom stereocenters. The number of thioether (sulfide) groups is 1. The molecule has 2 heterocycles. The van der Waals surface area contributed by atoms with Crippen molar-refractivity contribution in [3.63, 3.8) is 0 Å². The summed E-state index contributed by atoms with van der Waals surface area (Å²) in [5.41, 5.74) is 5.80. The van der Waals surface area contributed by atoms with E-state index in [-0.39, 0.29) is 12.5 Å². The normalized spacial score (nSPS) is 19.0. The minimum Gasteiger partial charge on any atom is -0.320 e. The fourth-order valence-corrected chi connectivity index (χ4v) is 5.55. The van der Waals surface area contributed by atoms with Crippen LogP contribution in [0.1, 0.15) is 15.2 Å². The fourth-order valence-electron chi connectivity index (χ4n) is 1.99. The Morgan fingerprint density at radius 2 is 2.33 bits per heavy atom. The minimum absolute atomic E-state index is 0.247. The molecule has 1 aliphatic heterocycles. The van der Waals surface area contributed by atoms with Crippen LogP contribution in [0.15, 0.2) is 11.4 Å². The number of sulfone groups is 1. The smallest absolute Gasteiger partial charge is 0.255 e. The van der Waals surface area contributed by atoms with Crippen LogP contribution in [-0.4, -0.2) is 55.4 Å². The van der Waals surface area contributed by atoms with Gasteiger partial charge in [0.15, 0.2) is 9.84 Å². The summed E-state index contributed by atoms with van der Waals surface area (Å²) >= 11 is 2.92. The van der Waals surface area contributed by atoms with Crippen LogP contribution in [0.3, 0.4) is 0 Å². The minimum atomic E-state index is -3.29. The number of amides is 1. The SMILES string of the molecule is CS(=O)(=O)C1CSCCN1C(=O)c1csc(C#CCN)c1. The molecule has 1 fully saturated rings. The van der Waals surface area contributed by atoms with Crippen LogP contribution < -0.4 is 5.73 Å². The van der Waals surface area contributed by atoms with Gasteiger partial charge in [-0.2, -0.15) is 11.8 Å². The Morgan fingerprint density at radius 3 is 3.00 bits per heavy atom. The highest BCUT2D eigenvalue weighted by Crippen LogP contribution is 2.24. The van der Waals surface area contributed by atoms with E-state index in [0.29, 0.717) is 17.9 Å². The van der Waals surface area contributed by atoms with Crippen molar-refractivity contribution in [1.82, 2.24) is 4.90 Å². The van der Waals surface area contributed by atoms with E-state index in [1.54, 1.807) is 23.2 Å². The summed E-state index contributed by atoms with van der Waals surface area (Å²) in [6.45, 7) is 0.710. The van der Waals surface area contributed by atoms with E-state index in [9.17, 15) is 13.2 Å². The van der Waals surface area contributed by atoms with Gasteiger partial charge in [0.1, 0.15) is 5.37 Å². The van der Waals surface area contributed by atoms with Crippen molar-refractivity contribution >= 4 is 38.8 Å². The second kappa shape index (κ2) is 6.83. The van der Waals surface area contributed by atoms with E-state index >= 15 is 0 Å². The summed E-state index contributed by atoms with van der Waals surface area (Å²) in [6, 6.07) is 1.69. The molecule has 0 saturated carbocycles. The number of rotatable bonds is 2. The lowest BCUT2D eigenvalue weighted by Gasteiger charge is -2.33. The van der Waals surface area contributed by atoms with Crippen LogP contribution in [-0.2, 0) is 9.84 Å². The molecule has 21 heavy (non-hydrogen) atoms. The first-order valence-corrected chi connectivity index (χ1v) is 10.3. The van der Waals surface area contributed by atoms with Crippen molar-refractivity contribution in [2.45, 2.75) is 5.37 Å². The fraction of sp³-hybridized carbons (Fsp3) is 0.462. The first kappa shape index (κ1) is 16.4. The number of carbonyl (C=O) groups excluding carboxylic acids is 1. The van der Waals surface area contributed by atoms with Crippen molar-refractivity contribution in [2.75, 3.05) is 30.9 Å². The van der Waals surface area contributed by atoms with Crippen molar-refractivity contribution in [3.8, 4) is 11.8 Å². The van der Waals surface area contributed by atoms with E-state index in [2.05, 4.69) is 11.8 Å². The average molecular weight is 344 g/mol. The zero-order valence-electron chi connectivity index (χ0n) is 11.5. The van der Waals surface area contributed by atoms with Crippen LogP contribution in [0.25, 0.3) is 0 Å². The van der Waals surface area contributed by atoms with Gasteiger partial charge in [0, 0.05) is 29.7 Å².